The first-order chi connectivity index (χ1) is 48.0. The van der Waals surface area contributed by atoms with Gasteiger partial charge in [-0.05, 0) is 213 Å². The van der Waals surface area contributed by atoms with Gasteiger partial charge in [0.2, 0.25) is 11.1 Å². The first-order valence-electron chi connectivity index (χ1n) is 32.7. The SMILES string of the molecule is Brc1cccc2c1[nH]c1cc3ccccc3cc12.Brc1cccc2c3cc4ccccc4cc3n(C3Nc4cc5ccccc5cc4N3)c12.Clc1nc2cc3ccccc3cc2[nH]1.[2H]CC(C)=O.c1ccc2cc3c(cc2c1)nc1n3c2cccc3c4cc5ccccc5cc4n1c32. The molecule has 0 saturated carbocycles. The Bertz CT molecular complexity index is 6710. The van der Waals surface area contributed by atoms with E-state index in [-0.39, 0.29) is 19.0 Å². The zero-order chi connectivity index (χ0) is 65.9. The minimum absolute atomic E-state index is 0.0772. The number of imidazole rings is 3. The van der Waals surface area contributed by atoms with Crippen LogP contribution in [0.15, 0.2) is 282 Å². The topological polar surface area (TPSA) is 112 Å². The molecule has 1 aliphatic rings. The lowest BCUT2D eigenvalue weighted by Crippen LogP contribution is -2.20. The molecule has 0 amide bonds. The van der Waals surface area contributed by atoms with Gasteiger partial charge < -0.3 is 30.0 Å². The minimum Gasteiger partial charge on any atom is -0.354 e. The molecule has 97 heavy (non-hydrogen) atoms. The number of rotatable bonds is 1. The molecule has 7 heterocycles. The molecule has 1 aliphatic heterocycles. The molecule has 21 aromatic rings. The number of anilines is 2. The first kappa shape index (κ1) is 57.2. The van der Waals surface area contributed by atoms with Crippen LogP contribution in [0.4, 0.5) is 11.4 Å². The van der Waals surface area contributed by atoms with Crippen molar-refractivity contribution in [1.29, 1.82) is 0 Å². The zero-order valence-corrected chi connectivity index (χ0v) is 56.0. The van der Waals surface area contributed by atoms with E-state index in [1.54, 1.807) is 0 Å². The third-order valence-corrected chi connectivity index (χ3v) is 20.2. The van der Waals surface area contributed by atoms with Crippen LogP contribution < -0.4 is 10.6 Å². The number of nitrogens with one attached hydrogen (secondary N) is 4. The van der Waals surface area contributed by atoms with Gasteiger partial charge in [0.1, 0.15) is 5.78 Å². The van der Waals surface area contributed by atoms with Crippen molar-refractivity contribution in [2.75, 3.05) is 10.6 Å². The Labute approximate surface area is 577 Å². The van der Waals surface area contributed by atoms with Crippen molar-refractivity contribution in [3.8, 4) is 0 Å². The number of Topliss-reactive ketones (excluding diaryl/α,β-unsaturated/α-hetero) is 1. The predicted octanol–water partition coefficient (Wildman–Crippen LogP) is 23.8. The van der Waals surface area contributed by atoms with Crippen molar-refractivity contribution >= 4 is 224 Å². The third kappa shape index (κ3) is 10.0. The quantitative estimate of drug-likeness (QED) is 0.131. The Kier molecular flexibility index (Phi) is 13.7. The number of hydrogen-bond acceptors (Lipinski definition) is 5. The molecular weight excluding hydrogens is 1350 g/mol. The highest BCUT2D eigenvalue weighted by atomic mass is 79.9. The van der Waals surface area contributed by atoms with Crippen LogP contribution >= 0.6 is 43.5 Å². The van der Waals surface area contributed by atoms with E-state index in [1.807, 2.05) is 18.2 Å². The normalized spacial score (nSPS) is 12.5. The fourth-order valence-electron chi connectivity index (χ4n) is 14.5. The second-order valence-electron chi connectivity index (χ2n) is 24.8. The number of para-hydroxylation sites is 3. The summed E-state index contributed by atoms with van der Waals surface area (Å²) in [5, 5.41) is 30.4. The van der Waals surface area contributed by atoms with Crippen molar-refractivity contribution in [2.45, 2.75) is 20.1 Å². The number of nitrogens with zero attached hydrogens (tertiary/aromatic N) is 5. The van der Waals surface area contributed by atoms with Crippen LogP contribution in [0.25, 0.3) is 163 Å². The molecule has 0 radical (unpaired) electrons. The molecule has 0 spiro atoms. The van der Waals surface area contributed by atoms with Gasteiger partial charge >= 0.3 is 0 Å². The van der Waals surface area contributed by atoms with Gasteiger partial charge in [0, 0.05) is 48.2 Å². The summed E-state index contributed by atoms with van der Waals surface area (Å²) in [6.07, 6.45) is -0.0772. The molecule has 13 heteroatoms. The summed E-state index contributed by atoms with van der Waals surface area (Å²) in [5.74, 6) is 0.904. The molecule has 464 valence electrons. The number of aromatic amines is 2. The fourth-order valence-corrected chi connectivity index (χ4v) is 15.7. The van der Waals surface area contributed by atoms with Crippen LogP contribution in [0.5, 0.6) is 0 Å². The first-order valence-corrected chi connectivity index (χ1v) is 34.0. The molecule has 0 atom stereocenters. The summed E-state index contributed by atoms with van der Waals surface area (Å²) in [4.78, 5) is 25.4. The van der Waals surface area contributed by atoms with E-state index < -0.39 is 0 Å². The van der Waals surface area contributed by atoms with Gasteiger partial charge in [-0.3, -0.25) is 8.80 Å². The van der Waals surface area contributed by atoms with Gasteiger partial charge in [-0.2, -0.15) is 0 Å². The molecule has 0 unspecified atom stereocenters. The largest absolute Gasteiger partial charge is 0.354 e. The summed E-state index contributed by atoms with van der Waals surface area (Å²) in [7, 11) is 0. The summed E-state index contributed by atoms with van der Waals surface area (Å²) in [5.41, 5.74) is 14.8. The summed E-state index contributed by atoms with van der Waals surface area (Å²) >= 11 is 13.2. The number of ketones is 1. The molecular formula is C84H56Br2ClN9O. The van der Waals surface area contributed by atoms with E-state index in [0.717, 1.165) is 48.2 Å². The minimum atomic E-state index is -0.0833. The molecule has 0 bridgehead atoms. The molecule has 22 rings (SSSR count). The lowest BCUT2D eigenvalue weighted by molar-refractivity contribution is -0.115. The van der Waals surface area contributed by atoms with E-state index in [1.165, 1.54) is 142 Å². The van der Waals surface area contributed by atoms with Crippen LogP contribution in [0.2, 0.25) is 5.28 Å². The van der Waals surface area contributed by atoms with E-state index >= 15 is 0 Å². The number of fused-ring (bicyclic) bond motifs is 22. The molecule has 6 aromatic heterocycles. The van der Waals surface area contributed by atoms with Gasteiger partial charge in [0.15, 0.2) is 6.29 Å². The second-order valence-corrected chi connectivity index (χ2v) is 26.9. The lowest BCUT2D eigenvalue weighted by atomic mass is 10.1. The van der Waals surface area contributed by atoms with E-state index in [9.17, 15) is 4.79 Å². The molecule has 0 fully saturated rings. The van der Waals surface area contributed by atoms with Crippen LogP contribution in [-0.4, -0.2) is 39.1 Å². The second kappa shape index (κ2) is 23.3. The van der Waals surface area contributed by atoms with E-state index in [0.29, 0.717) is 5.28 Å². The maximum Gasteiger partial charge on any atom is 0.220 e. The number of benzene rings is 15. The average Bonchev–Trinajstić information content (AvgIpc) is 1.44. The Morgan fingerprint density at radius 3 is 1.40 bits per heavy atom. The Balaban J connectivity index is 0.0000000964. The van der Waals surface area contributed by atoms with Crippen LogP contribution in [0.3, 0.4) is 0 Å². The standard InChI is InChI=1S/C27H18BrN3.C27H15N3.C16H10BrN.C11H7ClN2.C3H6O/c28-22-11-5-10-20-21-12-16-6-1-4-9-19(16)15-25(21)31(26(20)22)27-29-23-13-17-7-2-3-8-18(17)14-24(23)30-27;1-3-8-18-14-24-21(12-16(18)6-1)20-10-5-11-23-26(20)30(24)27-28-22-13-17-7-2-4-9-19(17)15-25(22)29(23)27;17-14-7-3-6-12-13-8-10-4-1-2-5-11(10)9-15(13)18-16(12)14;12-11-13-9-5-7-3-1-2-4-8(7)6-10(9)14-11;1-3(2)4/h1-15,27,29-30H;1-15H;1-9,18H;1-6H,(H,13,14);1-2H3/i;;;;1D. The summed E-state index contributed by atoms with van der Waals surface area (Å²) in [6.45, 7) is 1.31. The number of carbonyl (C=O) groups is 1. The number of carbonyl (C=O) groups excluding carboxylic acids is 1. The van der Waals surface area contributed by atoms with Gasteiger partial charge in [0.25, 0.3) is 0 Å². The van der Waals surface area contributed by atoms with Crippen molar-refractivity contribution in [3.63, 3.8) is 0 Å². The van der Waals surface area contributed by atoms with Gasteiger partial charge in [-0.25, -0.2) is 9.97 Å². The Morgan fingerprint density at radius 2 is 0.835 bits per heavy atom. The van der Waals surface area contributed by atoms with Crippen molar-refractivity contribution in [3.05, 3.63) is 287 Å². The van der Waals surface area contributed by atoms with Crippen molar-refractivity contribution < 1.29 is 6.17 Å². The predicted molar refractivity (Wildman–Crippen MR) is 416 cm³/mol. The fraction of sp³-hybridized carbons (Fsp3) is 0.0357. The Morgan fingerprint density at radius 1 is 0.402 bits per heavy atom. The van der Waals surface area contributed by atoms with Crippen LogP contribution in [0.1, 0.15) is 21.5 Å². The zero-order valence-electron chi connectivity index (χ0n) is 53.0. The van der Waals surface area contributed by atoms with E-state index in [4.69, 9.17) is 18.0 Å². The number of halogens is 3. The molecule has 0 saturated heterocycles. The van der Waals surface area contributed by atoms with Gasteiger partial charge in [0.05, 0.1) is 66.5 Å². The average molecular weight is 1400 g/mol. The van der Waals surface area contributed by atoms with Gasteiger partial charge in [-0.1, -0.05) is 182 Å². The summed E-state index contributed by atoms with van der Waals surface area (Å²) in [6, 6.07) is 96.9. The number of hydrogen-bond donors (Lipinski definition) is 4. The highest BCUT2D eigenvalue weighted by Gasteiger charge is 2.27. The monoisotopic (exact) mass is 1400 g/mol. The highest BCUT2D eigenvalue weighted by molar-refractivity contribution is 9.11. The van der Waals surface area contributed by atoms with Crippen molar-refractivity contribution in [1.82, 2.24) is 33.3 Å². The van der Waals surface area contributed by atoms with Crippen LogP contribution in [0, 0.1) is 0 Å². The van der Waals surface area contributed by atoms with Gasteiger partial charge in [-0.15, -0.1) is 0 Å². The Hall–Kier alpha value is -11.3. The molecule has 15 aromatic carbocycles. The summed E-state index contributed by atoms with van der Waals surface area (Å²) < 4.78 is 15.6. The number of aromatic nitrogens is 7. The maximum absolute atomic E-state index is 9.62. The molecule has 0 aliphatic carbocycles. The number of H-pyrrole nitrogens is 2. The highest BCUT2D eigenvalue weighted by Crippen LogP contribution is 2.44. The smallest absolute Gasteiger partial charge is 0.220 e. The maximum atomic E-state index is 9.62. The van der Waals surface area contributed by atoms with E-state index in [2.05, 4.69) is 326 Å². The lowest BCUT2D eigenvalue weighted by Gasteiger charge is -2.18. The van der Waals surface area contributed by atoms with Crippen molar-refractivity contribution in [2.24, 2.45) is 0 Å². The molecule has 10 nitrogen and oxygen atoms in total. The molecule has 4 N–H and O–H groups in total. The third-order valence-electron chi connectivity index (χ3n) is 18.7. The van der Waals surface area contributed by atoms with Crippen LogP contribution in [-0.2, 0) is 4.79 Å².